The van der Waals surface area contributed by atoms with Crippen LogP contribution in [0.1, 0.15) is 81.6 Å². The Bertz CT molecular complexity index is 2230. The van der Waals surface area contributed by atoms with Crippen LogP contribution in [0.15, 0.2) is 36.7 Å². The lowest BCUT2D eigenvalue weighted by Gasteiger charge is -2.49. The minimum absolute atomic E-state index is 0. The molecule has 0 bridgehead atoms. The number of alkyl halides is 1. The molecule has 0 aromatic carbocycles. The van der Waals surface area contributed by atoms with Gasteiger partial charge in [-0.1, -0.05) is 27.7 Å². The second kappa shape index (κ2) is 21.2. The van der Waals surface area contributed by atoms with Crippen LogP contribution in [0, 0.1) is 17.8 Å². The molecule has 4 aliphatic rings. The number of pyridine rings is 2. The summed E-state index contributed by atoms with van der Waals surface area (Å²) in [6.45, 7) is 13.4. The average molecular weight is 962 g/mol. The number of likely N-dealkylation sites (N-methyl/N-ethyl adjacent to an activating group) is 1. The molecule has 6 heterocycles. The van der Waals surface area contributed by atoms with Gasteiger partial charge < -0.3 is 49.0 Å². The highest BCUT2D eigenvalue weighted by atomic mass is 19.1. The van der Waals surface area contributed by atoms with Crippen LogP contribution in [0.5, 0.6) is 5.75 Å². The Kier molecular flexibility index (Phi) is 16.8. The van der Waals surface area contributed by atoms with Crippen LogP contribution in [0.4, 0.5) is 9.18 Å². The summed E-state index contributed by atoms with van der Waals surface area (Å²) in [5.74, 6) is -8.48. The molecular weight excluding hydrogens is 894 g/mol. The number of aliphatic hydroxyl groups excluding tert-OH is 1. The zero-order valence-electron chi connectivity index (χ0n) is 40.5. The number of amides is 1. The maximum atomic E-state index is 17.0. The Morgan fingerprint density at radius 1 is 1.03 bits per heavy atom. The van der Waals surface area contributed by atoms with E-state index in [2.05, 4.69) is 9.97 Å². The minimum Gasteiger partial charge on any atom is -0.506 e. The number of Topliss-reactive ketones (excluding diaryl/α,β-unsaturated/α-hetero) is 2. The molecule has 0 radical (unpaired) electrons. The summed E-state index contributed by atoms with van der Waals surface area (Å²) >= 11 is 0. The third-order valence-corrected chi connectivity index (χ3v) is 13.9. The Hall–Kier alpha value is -5.19. The Labute approximate surface area is 396 Å². The van der Waals surface area contributed by atoms with Gasteiger partial charge in [0.25, 0.3) is 5.67 Å². The Morgan fingerprint density at radius 3 is 2.24 bits per heavy atom. The highest BCUT2D eigenvalue weighted by molar-refractivity contribution is 6.08. The molecule has 20 nitrogen and oxygen atoms in total. The van der Waals surface area contributed by atoms with E-state index in [1.165, 1.54) is 25.1 Å². The summed E-state index contributed by atoms with van der Waals surface area (Å²) in [6, 6.07) is 1.75. The molecule has 6 rings (SSSR count). The van der Waals surface area contributed by atoms with E-state index in [4.69, 9.17) is 33.9 Å². The maximum absolute atomic E-state index is 17.0. The lowest BCUT2D eigenvalue weighted by Crippen LogP contribution is -2.66. The molecule has 4 saturated heterocycles. The van der Waals surface area contributed by atoms with Crippen molar-refractivity contribution >= 4 is 46.6 Å². The van der Waals surface area contributed by atoms with Gasteiger partial charge in [-0.3, -0.25) is 29.4 Å². The number of cyclic esters (lactones) is 1. The molecule has 378 valence electrons. The number of hydrogen-bond donors (Lipinski definition) is 4. The molecule has 4 aliphatic heterocycles. The van der Waals surface area contributed by atoms with Crippen molar-refractivity contribution in [2.75, 3.05) is 34.3 Å². The smallest absolute Gasteiger partial charge is 0.411 e. The molecule has 13 atom stereocenters. The number of aromatic hydroxyl groups is 1. The van der Waals surface area contributed by atoms with Crippen LogP contribution in [-0.2, 0) is 54.2 Å². The molecule has 1 amide bonds. The van der Waals surface area contributed by atoms with Crippen LogP contribution in [-0.4, -0.2) is 181 Å². The molecule has 2 aromatic heterocycles. The third kappa shape index (κ3) is 11.0. The van der Waals surface area contributed by atoms with Crippen LogP contribution < -0.4 is 0 Å². The summed E-state index contributed by atoms with van der Waals surface area (Å²) in [5.41, 5.74) is -4.56. The third-order valence-electron chi connectivity index (χ3n) is 13.9. The number of carbonyl (C=O) groups is 6. The maximum Gasteiger partial charge on any atom is 0.411 e. The van der Waals surface area contributed by atoms with Crippen molar-refractivity contribution < 1.29 is 78.7 Å². The second-order valence-corrected chi connectivity index (χ2v) is 19.2. The van der Waals surface area contributed by atoms with E-state index in [-0.39, 0.29) is 37.9 Å². The monoisotopic (exact) mass is 961 g/mol. The summed E-state index contributed by atoms with van der Waals surface area (Å²) < 4.78 is 47.7. The van der Waals surface area contributed by atoms with Crippen LogP contribution >= 0.6 is 0 Å². The van der Waals surface area contributed by atoms with Gasteiger partial charge in [0.1, 0.15) is 23.7 Å². The number of likely N-dealkylation sites (tertiary alicyclic amines) is 1. The van der Waals surface area contributed by atoms with E-state index in [0.717, 1.165) is 6.92 Å². The van der Waals surface area contributed by atoms with Gasteiger partial charge in [-0.2, -0.15) is 0 Å². The molecule has 0 aliphatic carbocycles. The molecule has 21 heteroatoms. The van der Waals surface area contributed by atoms with Crippen molar-refractivity contribution in [3.05, 3.63) is 42.2 Å². The molecule has 4 fully saturated rings. The number of aliphatic carboxylic acids is 2. The van der Waals surface area contributed by atoms with Gasteiger partial charge in [0.15, 0.2) is 17.7 Å². The van der Waals surface area contributed by atoms with Crippen molar-refractivity contribution in [1.29, 1.82) is 0 Å². The molecule has 4 N–H and O–H groups in total. The number of carboxylic acid groups (broad SMARTS) is 2. The number of ketones is 2. The number of methoxy groups -OCH3 is 1. The highest BCUT2D eigenvalue weighted by Gasteiger charge is 2.63. The largest absolute Gasteiger partial charge is 0.506 e. The van der Waals surface area contributed by atoms with Crippen molar-refractivity contribution in [1.82, 2.24) is 24.7 Å². The van der Waals surface area contributed by atoms with Crippen LogP contribution in [0.3, 0.4) is 0 Å². The van der Waals surface area contributed by atoms with E-state index in [9.17, 15) is 39.0 Å². The standard InChI is InChI=1S/C43H62FN5O11.C4H4O4.H2/c1-12-31-43(8)35(49(40(55)60-43)26-19-48(20-26)21-27-30(50)18-46-28-14-13-15-45-32(27)28)24(4)33(51)22(2)17-41(6,56-11)37(25(5)36(53)42(7,44)39(54)58-31)59-38-34(52)29(47(9)10)16-23(3)57-38;5-3(6)1-2-4(7)8;/h13-15,18,22-26,29,31,34-35,37-38,50,52H,12,16-17,19-21H2,1-11H3;1-2H,(H,5,6)(H,7,8);1H/b;2-1+;/t22-,23-,24+,25+,29+,31-,34-,35-,37-,38+,41-,42+,43-;;/m1../s1. The predicted octanol–water partition coefficient (Wildman–Crippen LogP) is 3.77. The summed E-state index contributed by atoms with van der Waals surface area (Å²) in [5, 5.41) is 37.8. The zero-order chi connectivity index (χ0) is 50.8. The zero-order valence-corrected chi connectivity index (χ0v) is 40.5. The molecule has 0 saturated carbocycles. The summed E-state index contributed by atoms with van der Waals surface area (Å²) in [4.78, 5) is 90.4. The van der Waals surface area contributed by atoms with Crippen molar-refractivity contribution in [2.24, 2.45) is 17.8 Å². The first-order valence-electron chi connectivity index (χ1n) is 22.7. The fourth-order valence-electron chi connectivity index (χ4n) is 10.2. The van der Waals surface area contributed by atoms with E-state index in [0.29, 0.717) is 54.8 Å². The van der Waals surface area contributed by atoms with E-state index in [1.807, 2.05) is 30.8 Å². The number of rotatable bonds is 10. The number of carbonyl (C=O) groups excluding carboxylic acids is 4. The quantitative estimate of drug-likeness (QED) is 0.150. The lowest BCUT2D eigenvalue weighted by molar-refractivity contribution is -0.295. The van der Waals surface area contributed by atoms with Crippen LogP contribution in [0.2, 0.25) is 0 Å². The number of halogens is 1. The number of esters is 1. The molecule has 2 aromatic rings. The summed E-state index contributed by atoms with van der Waals surface area (Å²) in [7, 11) is 5.03. The topological polar surface area (TPSA) is 265 Å². The minimum atomic E-state index is -3.20. The normalized spacial score (nSPS) is 35.5. The number of hydrogen-bond acceptors (Lipinski definition) is 17. The molecule has 0 spiro atoms. The van der Waals surface area contributed by atoms with Gasteiger partial charge in [0.2, 0.25) is 0 Å². The van der Waals surface area contributed by atoms with Gasteiger partial charge in [0, 0.05) is 75.9 Å². The van der Waals surface area contributed by atoms with E-state index in [1.54, 1.807) is 52.9 Å². The Balaban J connectivity index is 0.00000106. The van der Waals surface area contributed by atoms with E-state index >= 15 is 4.39 Å². The number of fused-ring (bicyclic) bond motifs is 2. The van der Waals surface area contributed by atoms with Gasteiger partial charge in [0.05, 0.1) is 47.1 Å². The lowest BCUT2D eigenvalue weighted by atomic mass is 9.72. The predicted molar refractivity (Wildman–Crippen MR) is 242 cm³/mol. The van der Waals surface area contributed by atoms with Crippen molar-refractivity contribution in [3.8, 4) is 5.75 Å². The highest BCUT2D eigenvalue weighted by Crippen LogP contribution is 2.45. The molecular formula is C47H68FN5O15. The van der Waals surface area contributed by atoms with Gasteiger partial charge in [-0.05, 0) is 73.2 Å². The number of aliphatic hydroxyl groups is 1. The van der Waals surface area contributed by atoms with Gasteiger partial charge >= 0.3 is 24.0 Å². The van der Waals surface area contributed by atoms with Gasteiger partial charge in [-0.25, -0.2) is 23.6 Å². The fraction of sp³-hybridized carbons (Fsp3) is 0.660. The first-order valence-corrected chi connectivity index (χ1v) is 22.7. The molecule has 0 unspecified atom stereocenters. The summed E-state index contributed by atoms with van der Waals surface area (Å²) in [6.07, 6.45) is -1.45. The fourth-order valence-corrected chi connectivity index (χ4v) is 10.2. The van der Waals surface area contributed by atoms with Crippen molar-refractivity contribution in [3.63, 3.8) is 0 Å². The first-order chi connectivity index (χ1) is 31.7. The number of ether oxygens (including phenoxy) is 5. The average Bonchev–Trinajstić information content (AvgIpc) is 3.54. The SMILES string of the molecule is CC[C@H]1OC(=O)[C@@](C)(F)C(=O)[C@H](C)[C@@H](O[C@@H]2O[C@H](C)C[C@H](N(C)C)[C@H]2O)[C@](C)(OC)C[C@@H](C)C(=O)[C@H](C)[C@H]2N(C3CN(Cc4c(O)cnc5cccnc45)C3)C(=O)O[C@]12C.O=C(O)/C=C/C(=O)O.[HH]. The van der Waals surface area contributed by atoms with E-state index < -0.39 is 101 Å². The van der Waals surface area contributed by atoms with Gasteiger partial charge in [-0.15, -0.1) is 0 Å². The second-order valence-electron chi connectivity index (χ2n) is 19.2. The number of aromatic nitrogens is 2. The number of carboxylic acids is 2. The van der Waals surface area contributed by atoms with Crippen molar-refractivity contribution in [2.45, 2.75) is 147 Å². The number of nitrogens with zero attached hydrogens (tertiary/aromatic N) is 5. The Morgan fingerprint density at radius 2 is 1.66 bits per heavy atom. The van der Waals surface area contributed by atoms with Crippen LogP contribution in [0.25, 0.3) is 11.0 Å². The first kappa shape index (κ1) is 53.8. The molecule has 68 heavy (non-hydrogen) atoms.